The van der Waals surface area contributed by atoms with Gasteiger partial charge in [-0.15, -0.1) is 0 Å². The van der Waals surface area contributed by atoms with Gasteiger partial charge in [-0.3, -0.25) is 0 Å². The predicted octanol–water partition coefficient (Wildman–Crippen LogP) is 3.12. The second-order valence-corrected chi connectivity index (χ2v) is 5.12. The van der Waals surface area contributed by atoms with E-state index in [2.05, 4.69) is 25.2 Å². The zero-order chi connectivity index (χ0) is 14.8. The quantitative estimate of drug-likeness (QED) is 0.704. The highest BCUT2D eigenvalue weighted by Gasteiger charge is 2.06. The maximum atomic E-state index is 8.48. The van der Waals surface area contributed by atoms with Crippen LogP contribution >= 0.6 is 0 Å². The SMILES string of the molecule is COc1cc(CNCC(C)C)ccc1OCCCC#N. The molecule has 0 aliphatic carbocycles. The number of nitrogens with one attached hydrogen (secondary N) is 1. The van der Waals surface area contributed by atoms with Crippen molar-refractivity contribution in [2.75, 3.05) is 20.3 Å². The highest BCUT2D eigenvalue weighted by molar-refractivity contribution is 5.42. The van der Waals surface area contributed by atoms with Crippen LogP contribution in [0.15, 0.2) is 18.2 Å². The number of nitrogens with zero attached hydrogens (tertiary/aromatic N) is 1. The molecular weight excluding hydrogens is 252 g/mol. The van der Waals surface area contributed by atoms with Crippen molar-refractivity contribution in [2.24, 2.45) is 5.92 Å². The fourth-order valence-corrected chi connectivity index (χ4v) is 1.78. The summed E-state index contributed by atoms with van der Waals surface area (Å²) >= 11 is 0. The predicted molar refractivity (Wildman–Crippen MR) is 79.9 cm³/mol. The molecule has 4 nitrogen and oxygen atoms in total. The zero-order valence-electron chi connectivity index (χ0n) is 12.6. The van der Waals surface area contributed by atoms with Crippen molar-refractivity contribution < 1.29 is 9.47 Å². The molecule has 4 heteroatoms. The van der Waals surface area contributed by atoms with Crippen molar-refractivity contribution in [3.63, 3.8) is 0 Å². The van der Waals surface area contributed by atoms with Gasteiger partial charge in [0, 0.05) is 13.0 Å². The fraction of sp³-hybridized carbons (Fsp3) is 0.562. The summed E-state index contributed by atoms with van der Waals surface area (Å²) in [5, 5.41) is 11.9. The lowest BCUT2D eigenvalue weighted by atomic mass is 10.2. The summed E-state index contributed by atoms with van der Waals surface area (Å²) in [5.41, 5.74) is 1.17. The van der Waals surface area contributed by atoms with Gasteiger partial charge in [0.15, 0.2) is 11.5 Å². The van der Waals surface area contributed by atoms with Gasteiger partial charge < -0.3 is 14.8 Å². The van der Waals surface area contributed by atoms with E-state index in [4.69, 9.17) is 14.7 Å². The molecule has 0 unspecified atom stereocenters. The Bertz CT molecular complexity index is 439. The summed E-state index contributed by atoms with van der Waals surface area (Å²) in [6, 6.07) is 8.06. The Morgan fingerprint density at radius 1 is 1.30 bits per heavy atom. The lowest BCUT2D eigenvalue weighted by Gasteiger charge is -2.13. The molecule has 0 saturated carbocycles. The lowest BCUT2D eigenvalue weighted by molar-refractivity contribution is 0.290. The van der Waals surface area contributed by atoms with E-state index in [1.165, 1.54) is 5.56 Å². The van der Waals surface area contributed by atoms with E-state index < -0.39 is 0 Å². The summed E-state index contributed by atoms with van der Waals surface area (Å²) < 4.78 is 11.0. The number of benzene rings is 1. The van der Waals surface area contributed by atoms with Gasteiger partial charge in [0.25, 0.3) is 0 Å². The molecule has 0 bridgehead atoms. The van der Waals surface area contributed by atoms with Crippen molar-refractivity contribution in [3.8, 4) is 17.6 Å². The van der Waals surface area contributed by atoms with Crippen LogP contribution < -0.4 is 14.8 Å². The van der Waals surface area contributed by atoms with Crippen LogP contribution in [0.1, 0.15) is 32.3 Å². The van der Waals surface area contributed by atoms with Crippen LogP contribution in [-0.4, -0.2) is 20.3 Å². The maximum absolute atomic E-state index is 8.48. The molecule has 20 heavy (non-hydrogen) atoms. The number of rotatable bonds is 9. The Balaban J connectivity index is 2.54. The van der Waals surface area contributed by atoms with Crippen molar-refractivity contribution in [2.45, 2.75) is 33.2 Å². The first-order valence-corrected chi connectivity index (χ1v) is 7.04. The Morgan fingerprint density at radius 2 is 2.10 bits per heavy atom. The second kappa shape index (κ2) is 9.22. The number of methoxy groups -OCH3 is 1. The van der Waals surface area contributed by atoms with E-state index in [9.17, 15) is 0 Å². The van der Waals surface area contributed by atoms with Crippen LogP contribution in [0.4, 0.5) is 0 Å². The number of hydrogen-bond acceptors (Lipinski definition) is 4. The average Bonchev–Trinajstić information content (AvgIpc) is 2.44. The molecule has 1 aromatic rings. The molecule has 0 aromatic heterocycles. The molecule has 0 fully saturated rings. The van der Waals surface area contributed by atoms with Crippen LogP contribution in [0.2, 0.25) is 0 Å². The summed E-state index contributed by atoms with van der Waals surface area (Å²) in [5.74, 6) is 2.11. The van der Waals surface area contributed by atoms with E-state index in [0.717, 1.165) is 31.0 Å². The number of ether oxygens (including phenoxy) is 2. The van der Waals surface area contributed by atoms with E-state index in [1.807, 2.05) is 18.2 Å². The third-order valence-corrected chi connectivity index (χ3v) is 2.80. The van der Waals surface area contributed by atoms with Crippen molar-refractivity contribution in [1.29, 1.82) is 5.26 Å². The second-order valence-electron chi connectivity index (χ2n) is 5.12. The Kier molecular flexibility index (Phi) is 7.52. The van der Waals surface area contributed by atoms with Crippen LogP contribution in [-0.2, 0) is 6.54 Å². The largest absolute Gasteiger partial charge is 0.493 e. The first kappa shape index (κ1) is 16.3. The van der Waals surface area contributed by atoms with E-state index in [-0.39, 0.29) is 0 Å². The van der Waals surface area contributed by atoms with Crippen LogP contribution in [0.5, 0.6) is 11.5 Å². The monoisotopic (exact) mass is 276 g/mol. The molecule has 0 saturated heterocycles. The van der Waals surface area contributed by atoms with Gasteiger partial charge in [-0.25, -0.2) is 0 Å². The fourth-order valence-electron chi connectivity index (χ4n) is 1.78. The Hall–Kier alpha value is -1.73. The molecule has 110 valence electrons. The minimum atomic E-state index is 0.513. The highest BCUT2D eigenvalue weighted by Crippen LogP contribution is 2.28. The standard InChI is InChI=1S/C16H24N2O2/c1-13(2)11-18-12-14-6-7-15(16(10-14)19-3)20-9-5-4-8-17/h6-7,10,13,18H,4-5,9,11-12H2,1-3H3. The van der Waals surface area contributed by atoms with E-state index in [1.54, 1.807) is 7.11 Å². The number of nitriles is 1. The number of unbranched alkanes of at least 4 members (excludes halogenated alkanes) is 1. The van der Waals surface area contributed by atoms with Crippen molar-refractivity contribution in [3.05, 3.63) is 23.8 Å². The molecule has 1 rings (SSSR count). The highest BCUT2D eigenvalue weighted by atomic mass is 16.5. The van der Waals surface area contributed by atoms with Crippen LogP contribution in [0.3, 0.4) is 0 Å². The summed E-state index contributed by atoms with van der Waals surface area (Å²) in [6.07, 6.45) is 1.25. The van der Waals surface area contributed by atoms with Gasteiger partial charge in [0.05, 0.1) is 19.8 Å². The van der Waals surface area contributed by atoms with Crippen molar-refractivity contribution >= 4 is 0 Å². The molecular formula is C16H24N2O2. The summed E-state index contributed by atoms with van der Waals surface area (Å²) in [7, 11) is 1.64. The van der Waals surface area contributed by atoms with Gasteiger partial charge in [-0.05, 0) is 36.6 Å². The van der Waals surface area contributed by atoms with E-state index >= 15 is 0 Å². The van der Waals surface area contributed by atoms with Gasteiger partial charge >= 0.3 is 0 Å². The lowest BCUT2D eigenvalue weighted by Crippen LogP contribution is -2.18. The Morgan fingerprint density at radius 3 is 2.75 bits per heavy atom. The van der Waals surface area contributed by atoms with Gasteiger partial charge in [-0.1, -0.05) is 19.9 Å². The van der Waals surface area contributed by atoms with E-state index in [0.29, 0.717) is 18.9 Å². The topological polar surface area (TPSA) is 54.3 Å². The summed E-state index contributed by atoms with van der Waals surface area (Å²) in [6.45, 7) is 6.73. The normalized spacial score (nSPS) is 10.3. The minimum Gasteiger partial charge on any atom is -0.493 e. The molecule has 0 amide bonds. The molecule has 1 aromatic carbocycles. The molecule has 0 radical (unpaired) electrons. The third-order valence-electron chi connectivity index (χ3n) is 2.80. The van der Waals surface area contributed by atoms with Gasteiger partial charge in [0.2, 0.25) is 0 Å². The average molecular weight is 276 g/mol. The zero-order valence-corrected chi connectivity index (χ0v) is 12.6. The van der Waals surface area contributed by atoms with Crippen LogP contribution in [0.25, 0.3) is 0 Å². The molecule has 0 spiro atoms. The molecule has 1 N–H and O–H groups in total. The molecule has 0 aliphatic rings. The first-order valence-electron chi connectivity index (χ1n) is 7.04. The minimum absolute atomic E-state index is 0.513. The first-order chi connectivity index (χ1) is 9.67. The molecule has 0 aliphatic heterocycles. The van der Waals surface area contributed by atoms with Crippen LogP contribution in [0, 0.1) is 17.2 Å². The van der Waals surface area contributed by atoms with Crippen molar-refractivity contribution in [1.82, 2.24) is 5.32 Å². The molecule has 0 atom stereocenters. The molecule has 0 heterocycles. The maximum Gasteiger partial charge on any atom is 0.161 e. The Labute approximate surface area is 121 Å². The van der Waals surface area contributed by atoms with Gasteiger partial charge in [0.1, 0.15) is 0 Å². The van der Waals surface area contributed by atoms with Gasteiger partial charge in [-0.2, -0.15) is 5.26 Å². The third kappa shape index (κ3) is 5.94. The smallest absolute Gasteiger partial charge is 0.161 e. The number of hydrogen-bond donors (Lipinski definition) is 1. The summed E-state index contributed by atoms with van der Waals surface area (Å²) in [4.78, 5) is 0.